The lowest BCUT2D eigenvalue weighted by Crippen LogP contribution is -2.30. The Morgan fingerprint density at radius 2 is 1.73 bits per heavy atom. The van der Waals surface area contributed by atoms with Crippen LogP contribution in [0.5, 0.6) is 0 Å². The normalized spacial score (nSPS) is 11.8. The van der Waals surface area contributed by atoms with Crippen LogP contribution in [0, 0.1) is 20.8 Å². The van der Waals surface area contributed by atoms with Crippen LogP contribution in [0.3, 0.4) is 0 Å². The summed E-state index contributed by atoms with van der Waals surface area (Å²) in [7, 11) is 0. The summed E-state index contributed by atoms with van der Waals surface area (Å²) in [5, 5.41) is 11.7. The third-order valence-electron chi connectivity index (χ3n) is 4.77. The smallest absolute Gasteiger partial charge is 0.338 e. The molecule has 8 heteroatoms. The van der Waals surface area contributed by atoms with Crippen LogP contribution in [0.4, 0.5) is 5.69 Å². The Labute approximate surface area is 179 Å². The first-order valence-electron chi connectivity index (χ1n) is 9.45. The number of esters is 1. The molecule has 3 aromatic rings. The van der Waals surface area contributed by atoms with Gasteiger partial charge in [0.25, 0.3) is 5.91 Å². The highest BCUT2D eigenvalue weighted by Gasteiger charge is 2.19. The van der Waals surface area contributed by atoms with Crippen molar-refractivity contribution in [3.8, 4) is 5.69 Å². The van der Waals surface area contributed by atoms with Crippen LogP contribution < -0.4 is 5.32 Å². The first-order chi connectivity index (χ1) is 14.3. The van der Waals surface area contributed by atoms with Gasteiger partial charge in [-0.05, 0) is 81.5 Å². The van der Waals surface area contributed by atoms with E-state index in [1.807, 2.05) is 49.8 Å². The molecule has 1 atom stereocenters. The number of nitrogens with one attached hydrogen (secondary N) is 1. The Kier molecular flexibility index (Phi) is 6.56. The summed E-state index contributed by atoms with van der Waals surface area (Å²) >= 11 is 1.49. The molecule has 0 bridgehead atoms. The number of carbonyl (C=O) groups is 2. The van der Waals surface area contributed by atoms with Gasteiger partial charge in [0.2, 0.25) is 0 Å². The van der Waals surface area contributed by atoms with Crippen LogP contribution in [-0.4, -0.2) is 39.0 Å². The maximum atomic E-state index is 12.5. The van der Waals surface area contributed by atoms with Crippen molar-refractivity contribution < 1.29 is 14.3 Å². The van der Waals surface area contributed by atoms with Gasteiger partial charge in [0.15, 0.2) is 11.3 Å². The lowest BCUT2D eigenvalue weighted by molar-refractivity contribution is -0.123. The number of carbonyl (C=O) groups excluding carboxylic acids is 2. The highest BCUT2D eigenvalue weighted by molar-refractivity contribution is 7.98. The quantitative estimate of drug-likeness (QED) is 0.474. The lowest BCUT2D eigenvalue weighted by atomic mass is 10.1. The molecule has 2 aromatic carbocycles. The van der Waals surface area contributed by atoms with Gasteiger partial charge in [0.05, 0.1) is 5.56 Å². The third-order valence-corrected chi connectivity index (χ3v) is 5.40. The van der Waals surface area contributed by atoms with E-state index in [1.165, 1.54) is 11.8 Å². The van der Waals surface area contributed by atoms with Crippen LogP contribution in [-0.2, 0) is 9.53 Å². The topological polar surface area (TPSA) is 86.1 Å². The molecule has 0 spiro atoms. The van der Waals surface area contributed by atoms with E-state index in [0.717, 1.165) is 27.8 Å². The lowest BCUT2D eigenvalue weighted by Gasteiger charge is -2.14. The molecule has 0 aliphatic heterocycles. The number of amides is 1. The number of hydrogen-bond donors (Lipinski definition) is 1. The van der Waals surface area contributed by atoms with Crippen molar-refractivity contribution >= 4 is 29.3 Å². The van der Waals surface area contributed by atoms with Crippen molar-refractivity contribution in [2.75, 3.05) is 11.6 Å². The zero-order valence-corrected chi connectivity index (χ0v) is 18.4. The fourth-order valence-corrected chi connectivity index (χ4v) is 3.41. The van der Waals surface area contributed by atoms with Crippen LogP contribution in [0.1, 0.15) is 34.2 Å². The van der Waals surface area contributed by atoms with E-state index in [2.05, 4.69) is 15.5 Å². The number of thioether (sulfide) groups is 1. The minimum Gasteiger partial charge on any atom is -0.449 e. The van der Waals surface area contributed by atoms with E-state index in [9.17, 15) is 9.59 Å². The van der Waals surface area contributed by atoms with Crippen LogP contribution in [0.2, 0.25) is 0 Å². The molecule has 156 valence electrons. The number of aromatic nitrogens is 3. The molecule has 0 saturated heterocycles. The van der Waals surface area contributed by atoms with Crippen molar-refractivity contribution in [1.29, 1.82) is 0 Å². The van der Waals surface area contributed by atoms with Gasteiger partial charge >= 0.3 is 5.97 Å². The summed E-state index contributed by atoms with van der Waals surface area (Å²) in [5.41, 5.74) is 4.09. The maximum Gasteiger partial charge on any atom is 0.338 e. The van der Waals surface area contributed by atoms with Gasteiger partial charge in [-0.3, -0.25) is 9.36 Å². The van der Waals surface area contributed by atoms with Gasteiger partial charge in [0, 0.05) is 11.4 Å². The van der Waals surface area contributed by atoms with Gasteiger partial charge in [-0.15, -0.1) is 10.2 Å². The molecule has 3 rings (SSSR count). The Morgan fingerprint density at radius 3 is 2.37 bits per heavy atom. The molecule has 1 aromatic heterocycles. The summed E-state index contributed by atoms with van der Waals surface area (Å²) < 4.78 is 7.24. The predicted molar refractivity (Wildman–Crippen MR) is 117 cm³/mol. The monoisotopic (exact) mass is 424 g/mol. The first-order valence-corrected chi connectivity index (χ1v) is 10.7. The van der Waals surface area contributed by atoms with Gasteiger partial charge in [0.1, 0.15) is 5.82 Å². The molecule has 0 fully saturated rings. The SMILES string of the molecule is CSc1nnc(C)n1-c1ccc(C(=O)OC(C)C(=O)Nc2ccc(C)c(C)c2)cc1. The zero-order chi connectivity index (χ0) is 21.8. The van der Waals surface area contributed by atoms with E-state index in [1.54, 1.807) is 31.2 Å². The summed E-state index contributed by atoms with van der Waals surface area (Å²) in [4.78, 5) is 24.8. The molecule has 1 heterocycles. The average Bonchev–Trinajstić information content (AvgIpc) is 3.11. The van der Waals surface area contributed by atoms with E-state index in [4.69, 9.17) is 4.74 Å². The van der Waals surface area contributed by atoms with Crippen LogP contribution >= 0.6 is 11.8 Å². The van der Waals surface area contributed by atoms with Crippen molar-refractivity contribution in [3.63, 3.8) is 0 Å². The molecule has 0 radical (unpaired) electrons. The largest absolute Gasteiger partial charge is 0.449 e. The molecular formula is C22H24N4O3S. The number of hydrogen-bond acceptors (Lipinski definition) is 6. The minimum absolute atomic E-state index is 0.362. The molecule has 0 aliphatic carbocycles. The molecule has 1 amide bonds. The van der Waals surface area contributed by atoms with E-state index >= 15 is 0 Å². The number of aryl methyl sites for hydroxylation is 3. The average molecular weight is 425 g/mol. The number of ether oxygens (including phenoxy) is 1. The van der Waals surface area contributed by atoms with Gasteiger partial charge in [-0.1, -0.05) is 17.8 Å². The summed E-state index contributed by atoms with van der Waals surface area (Å²) in [6, 6.07) is 12.6. The summed E-state index contributed by atoms with van der Waals surface area (Å²) in [6.45, 7) is 7.39. The Hall–Kier alpha value is -3.13. The fraction of sp³-hybridized carbons (Fsp3) is 0.273. The number of benzene rings is 2. The second-order valence-electron chi connectivity index (χ2n) is 6.95. The van der Waals surface area contributed by atoms with Crippen LogP contribution in [0.15, 0.2) is 47.6 Å². The number of nitrogens with zero attached hydrogens (tertiary/aromatic N) is 3. The fourth-order valence-electron chi connectivity index (χ4n) is 2.86. The third kappa shape index (κ3) is 4.71. The van der Waals surface area contributed by atoms with Crippen molar-refractivity contribution in [2.24, 2.45) is 0 Å². The molecule has 1 N–H and O–H groups in total. The molecule has 7 nitrogen and oxygen atoms in total. The Balaban J connectivity index is 1.65. The minimum atomic E-state index is -0.929. The highest BCUT2D eigenvalue weighted by atomic mass is 32.2. The Bertz CT molecular complexity index is 1080. The number of anilines is 1. The van der Waals surface area contributed by atoms with Gasteiger partial charge in [-0.25, -0.2) is 4.79 Å². The van der Waals surface area contributed by atoms with Crippen molar-refractivity contribution in [2.45, 2.75) is 39.0 Å². The zero-order valence-electron chi connectivity index (χ0n) is 17.6. The molecule has 30 heavy (non-hydrogen) atoms. The molecule has 0 saturated carbocycles. The van der Waals surface area contributed by atoms with Gasteiger partial charge in [-0.2, -0.15) is 0 Å². The summed E-state index contributed by atoms with van der Waals surface area (Å²) in [6.07, 6.45) is 0.998. The highest BCUT2D eigenvalue weighted by Crippen LogP contribution is 2.20. The molecule has 0 aliphatic rings. The maximum absolute atomic E-state index is 12.5. The Morgan fingerprint density at radius 1 is 1.03 bits per heavy atom. The second-order valence-corrected chi connectivity index (χ2v) is 7.73. The molecular weight excluding hydrogens is 400 g/mol. The standard InChI is InChI=1S/C22H24N4O3S/c1-13-6-9-18(12-14(13)2)23-20(27)15(3)29-21(28)17-7-10-19(11-8-17)26-16(4)24-25-22(26)30-5/h6-12,15H,1-5H3,(H,23,27). The van der Waals surface area contributed by atoms with E-state index in [-0.39, 0.29) is 5.91 Å². The summed E-state index contributed by atoms with van der Waals surface area (Å²) in [5.74, 6) is -0.186. The van der Waals surface area contributed by atoms with Crippen LogP contribution in [0.25, 0.3) is 5.69 Å². The second kappa shape index (κ2) is 9.13. The number of rotatable bonds is 6. The first kappa shape index (κ1) is 21.6. The van der Waals surface area contributed by atoms with E-state index in [0.29, 0.717) is 11.3 Å². The van der Waals surface area contributed by atoms with E-state index < -0.39 is 12.1 Å². The van der Waals surface area contributed by atoms with Crippen molar-refractivity contribution in [1.82, 2.24) is 14.8 Å². The molecule has 1 unspecified atom stereocenters. The predicted octanol–water partition coefficient (Wildman–Crippen LogP) is 4.10. The van der Waals surface area contributed by atoms with Gasteiger partial charge < -0.3 is 10.1 Å². The van der Waals surface area contributed by atoms with Crippen molar-refractivity contribution in [3.05, 3.63) is 65.0 Å².